The van der Waals surface area contributed by atoms with E-state index in [2.05, 4.69) is 4.99 Å². The topological polar surface area (TPSA) is 115 Å². The van der Waals surface area contributed by atoms with Gasteiger partial charge in [-0.3, -0.25) is 19.9 Å². The van der Waals surface area contributed by atoms with Gasteiger partial charge in [0, 0.05) is 18.3 Å². The minimum Gasteiger partial charge on any atom is -0.490 e. The van der Waals surface area contributed by atoms with Gasteiger partial charge in [0.2, 0.25) is 0 Å². The number of rotatable bonds is 6. The minimum atomic E-state index is -1.13. The van der Waals surface area contributed by atoms with Gasteiger partial charge in [-0.05, 0) is 13.0 Å². The molecule has 0 aliphatic heterocycles. The highest BCUT2D eigenvalue weighted by molar-refractivity contribution is 5.93. The highest BCUT2D eigenvalue weighted by Crippen LogP contribution is 2.30. The van der Waals surface area contributed by atoms with Crippen molar-refractivity contribution in [3.05, 3.63) is 28.3 Å². The zero-order valence-corrected chi connectivity index (χ0v) is 11.5. The lowest BCUT2D eigenvalue weighted by Crippen LogP contribution is -2.17. The van der Waals surface area contributed by atoms with Gasteiger partial charge in [0.15, 0.2) is 11.7 Å². The lowest BCUT2D eigenvalue weighted by Gasteiger charge is -2.04. The monoisotopic (exact) mass is 291 g/mol. The molecule has 0 spiro atoms. The average Bonchev–Trinajstić information content (AvgIpc) is 2.47. The van der Waals surface area contributed by atoms with E-state index in [0.717, 1.165) is 6.21 Å². The van der Waals surface area contributed by atoms with Crippen LogP contribution in [0.3, 0.4) is 0 Å². The van der Waals surface area contributed by atoms with Crippen molar-refractivity contribution in [3.63, 3.8) is 0 Å². The summed E-state index contributed by atoms with van der Waals surface area (Å²) >= 11 is 0. The van der Waals surface area contributed by atoms with E-state index in [9.17, 15) is 14.9 Å². The van der Waals surface area contributed by atoms with E-state index < -0.39 is 16.8 Å². The van der Waals surface area contributed by atoms with Gasteiger partial charge in [-0.2, -0.15) is 5.26 Å². The van der Waals surface area contributed by atoms with Crippen molar-refractivity contribution in [1.29, 1.82) is 5.26 Å². The summed E-state index contributed by atoms with van der Waals surface area (Å²) in [6.07, 6.45) is 1.12. The number of nitriles is 1. The summed E-state index contributed by atoms with van der Waals surface area (Å²) in [4.78, 5) is 25.5. The van der Waals surface area contributed by atoms with Gasteiger partial charge in [0.25, 0.3) is 0 Å². The Hall–Kier alpha value is -2.95. The molecule has 1 unspecified atom stereocenters. The quantitative estimate of drug-likeness (QED) is 0.342. The number of nitro benzene ring substituents is 1. The van der Waals surface area contributed by atoms with Crippen LogP contribution in [-0.4, -0.2) is 30.8 Å². The Bertz CT molecular complexity index is 606. The number of ether oxygens (including phenoxy) is 2. The molecule has 1 rings (SSSR count). The highest BCUT2D eigenvalue weighted by Gasteiger charge is 2.17. The normalized spacial score (nSPS) is 11.7. The van der Waals surface area contributed by atoms with Gasteiger partial charge >= 0.3 is 11.7 Å². The summed E-state index contributed by atoms with van der Waals surface area (Å²) in [6, 6.07) is 5.71. The molecule has 0 N–H and O–H groups in total. The molecule has 110 valence electrons. The molecule has 8 nitrogen and oxygen atoms in total. The van der Waals surface area contributed by atoms with Crippen LogP contribution < -0.4 is 4.74 Å². The molecular weight excluding hydrogens is 278 g/mol. The van der Waals surface area contributed by atoms with Crippen molar-refractivity contribution in [2.45, 2.75) is 6.92 Å². The van der Waals surface area contributed by atoms with Gasteiger partial charge in [-0.15, -0.1) is 0 Å². The number of carbonyl (C=O) groups is 1. The van der Waals surface area contributed by atoms with Crippen LogP contribution in [0, 0.1) is 27.4 Å². The van der Waals surface area contributed by atoms with Crippen LogP contribution in [0.4, 0.5) is 11.4 Å². The van der Waals surface area contributed by atoms with Crippen LogP contribution in [0.15, 0.2) is 23.2 Å². The van der Waals surface area contributed by atoms with E-state index in [1.54, 1.807) is 13.0 Å². The standard InChI is InChI=1S/C13H13N3O5/c1-3-21-13(17)9(7-14)8-15-10-4-5-11(16(18)19)12(6-10)20-2/h4-6,8-9H,3H2,1-2H3. The third-order valence-electron chi connectivity index (χ3n) is 2.41. The van der Waals surface area contributed by atoms with Crippen LogP contribution in [0.5, 0.6) is 5.75 Å². The van der Waals surface area contributed by atoms with Crippen molar-refractivity contribution < 1.29 is 19.2 Å². The minimum absolute atomic E-state index is 0.0410. The molecule has 1 aromatic rings. The highest BCUT2D eigenvalue weighted by atomic mass is 16.6. The van der Waals surface area contributed by atoms with Crippen LogP contribution in [0.1, 0.15) is 6.92 Å². The fourth-order valence-corrected chi connectivity index (χ4v) is 1.44. The summed E-state index contributed by atoms with van der Waals surface area (Å²) in [6.45, 7) is 1.79. The Kier molecular flexibility index (Phi) is 5.82. The van der Waals surface area contributed by atoms with Gasteiger partial charge in [-0.1, -0.05) is 0 Å². The SMILES string of the molecule is CCOC(=O)C(C#N)C=Nc1ccc([N+](=O)[O-])c(OC)c1. The van der Waals surface area contributed by atoms with Crippen molar-refractivity contribution in [2.24, 2.45) is 10.9 Å². The number of methoxy groups -OCH3 is 1. The average molecular weight is 291 g/mol. The van der Waals surface area contributed by atoms with E-state index in [0.29, 0.717) is 5.69 Å². The zero-order chi connectivity index (χ0) is 15.8. The van der Waals surface area contributed by atoms with Gasteiger partial charge in [0.05, 0.1) is 30.4 Å². The lowest BCUT2D eigenvalue weighted by molar-refractivity contribution is -0.385. The first-order valence-electron chi connectivity index (χ1n) is 5.96. The molecule has 0 heterocycles. The summed E-state index contributed by atoms with van der Waals surface area (Å²) < 4.78 is 9.61. The maximum Gasteiger partial charge on any atom is 0.328 e. The number of esters is 1. The molecule has 0 aliphatic carbocycles. The van der Waals surface area contributed by atoms with E-state index in [-0.39, 0.29) is 18.0 Å². The Balaban J connectivity index is 2.97. The third kappa shape index (κ3) is 4.28. The lowest BCUT2D eigenvalue weighted by atomic mass is 10.2. The number of hydrogen-bond donors (Lipinski definition) is 0. The molecule has 0 amide bonds. The van der Waals surface area contributed by atoms with Crippen molar-refractivity contribution in [1.82, 2.24) is 0 Å². The van der Waals surface area contributed by atoms with Crippen molar-refractivity contribution in [2.75, 3.05) is 13.7 Å². The number of nitro groups is 1. The summed E-state index contributed by atoms with van der Waals surface area (Å²) in [5, 5.41) is 19.6. The number of aliphatic imine (C=N–C) groups is 1. The second-order valence-corrected chi connectivity index (χ2v) is 3.75. The molecule has 0 saturated heterocycles. The van der Waals surface area contributed by atoms with Crippen LogP contribution >= 0.6 is 0 Å². The molecular formula is C13H13N3O5. The Morgan fingerprint density at radius 3 is 2.86 bits per heavy atom. The van der Waals surface area contributed by atoms with E-state index in [4.69, 9.17) is 14.7 Å². The Morgan fingerprint density at radius 1 is 1.62 bits per heavy atom. The van der Waals surface area contributed by atoms with Gasteiger partial charge in [-0.25, -0.2) is 0 Å². The first kappa shape index (κ1) is 16.1. The molecule has 0 saturated carbocycles. The molecule has 0 aliphatic rings. The van der Waals surface area contributed by atoms with Crippen LogP contribution in [0.2, 0.25) is 0 Å². The smallest absolute Gasteiger partial charge is 0.328 e. The molecule has 1 aromatic carbocycles. The van der Waals surface area contributed by atoms with E-state index in [1.165, 1.54) is 25.3 Å². The second-order valence-electron chi connectivity index (χ2n) is 3.75. The first-order valence-corrected chi connectivity index (χ1v) is 5.96. The largest absolute Gasteiger partial charge is 0.490 e. The molecule has 0 radical (unpaired) electrons. The predicted molar refractivity (Wildman–Crippen MR) is 73.5 cm³/mol. The number of benzene rings is 1. The Labute approximate surface area is 120 Å². The third-order valence-corrected chi connectivity index (χ3v) is 2.41. The Morgan fingerprint density at radius 2 is 2.33 bits per heavy atom. The fraction of sp³-hybridized carbons (Fsp3) is 0.308. The van der Waals surface area contributed by atoms with Crippen LogP contribution in [0.25, 0.3) is 0 Å². The number of hydrogen-bond acceptors (Lipinski definition) is 7. The molecule has 0 aromatic heterocycles. The van der Waals surface area contributed by atoms with Gasteiger partial charge in [0.1, 0.15) is 0 Å². The molecule has 8 heteroatoms. The summed E-state index contributed by atoms with van der Waals surface area (Å²) in [5.41, 5.74) is 0.126. The van der Waals surface area contributed by atoms with E-state index in [1.807, 2.05) is 0 Å². The molecule has 21 heavy (non-hydrogen) atoms. The zero-order valence-electron chi connectivity index (χ0n) is 11.5. The van der Waals surface area contributed by atoms with E-state index >= 15 is 0 Å². The first-order chi connectivity index (χ1) is 10.0. The summed E-state index contributed by atoms with van der Waals surface area (Å²) in [7, 11) is 1.30. The fourth-order valence-electron chi connectivity index (χ4n) is 1.44. The second kappa shape index (κ2) is 7.59. The van der Waals surface area contributed by atoms with Crippen molar-refractivity contribution in [3.8, 4) is 11.8 Å². The molecule has 0 fully saturated rings. The number of nitrogens with zero attached hydrogens (tertiary/aromatic N) is 3. The van der Waals surface area contributed by atoms with Crippen LogP contribution in [-0.2, 0) is 9.53 Å². The van der Waals surface area contributed by atoms with Crippen molar-refractivity contribution >= 4 is 23.6 Å². The molecule has 0 bridgehead atoms. The van der Waals surface area contributed by atoms with Gasteiger partial charge < -0.3 is 9.47 Å². The summed E-state index contributed by atoms with van der Waals surface area (Å²) in [5.74, 6) is -1.79. The maximum absolute atomic E-state index is 11.4. The molecule has 1 atom stereocenters. The predicted octanol–water partition coefficient (Wildman–Crippen LogP) is 2.01. The maximum atomic E-state index is 11.4. The number of carbonyl (C=O) groups excluding carboxylic acids is 1.